The maximum atomic E-state index is 12.4. The number of hydrogen-bond acceptors (Lipinski definition) is 5. The Balaban J connectivity index is 1.93. The maximum Gasteiger partial charge on any atom is 0.348 e. The molecular formula is C18H26N2O5. The Kier molecular flexibility index (Phi) is 6.78. The maximum absolute atomic E-state index is 12.4. The van der Waals surface area contributed by atoms with Gasteiger partial charge in [-0.15, -0.1) is 0 Å². The zero-order chi connectivity index (χ0) is 18.3. The van der Waals surface area contributed by atoms with E-state index in [2.05, 4.69) is 0 Å². The number of likely N-dealkylation sites (N-methyl/N-ethyl adjacent to an activating group) is 1. The van der Waals surface area contributed by atoms with Crippen LogP contribution in [0.25, 0.3) is 0 Å². The van der Waals surface area contributed by atoms with Crippen LogP contribution >= 0.6 is 0 Å². The fraction of sp³-hybridized carbons (Fsp3) is 0.556. The summed E-state index contributed by atoms with van der Waals surface area (Å²) in [7, 11) is 3.49. The number of rotatable bonds is 8. The van der Waals surface area contributed by atoms with Crippen LogP contribution in [0.4, 0.5) is 0 Å². The Morgan fingerprint density at radius 2 is 1.88 bits per heavy atom. The molecule has 1 aromatic carbocycles. The molecular weight excluding hydrogens is 324 g/mol. The van der Waals surface area contributed by atoms with Gasteiger partial charge in [0.2, 0.25) is 11.5 Å². The van der Waals surface area contributed by atoms with Crippen molar-refractivity contribution in [1.29, 1.82) is 0 Å². The highest BCUT2D eigenvalue weighted by Crippen LogP contribution is 2.29. The summed E-state index contributed by atoms with van der Waals surface area (Å²) in [4.78, 5) is 27.8. The monoisotopic (exact) mass is 350 g/mol. The fourth-order valence-electron chi connectivity index (χ4n) is 2.85. The number of carboxylic acid groups (broad SMARTS) is 1. The summed E-state index contributed by atoms with van der Waals surface area (Å²) in [6.45, 7) is 2.28. The van der Waals surface area contributed by atoms with Gasteiger partial charge in [-0.05, 0) is 19.2 Å². The van der Waals surface area contributed by atoms with Crippen molar-refractivity contribution < 1.29 is 24.2 Å². The van der Waals surface area contributed by atoms with Crippen LogP contribution in [0.2, 0.25) is 0 Å². The lowest BCUT2D eigenvalue weighted by Crippen LogP contribution is -2.55. The largest absolute Gasteiger partial charge is 0.478 e. The van der Waals surface area contributed by atoms with Crippen LogP contribution in [0.3, 0.4) is 0 Å². The zero-order valence-electron chi connectivity index (χ0n) is 14.8. The summed E-state index contributed by atoms with van der Waals surface area (Å²) in [5.74, 6) is -0.457. The number of aliphatic carboxylic acids is 1. The fourth-order valence-corrected chi connectivity index (χ4v) is 2.85. The molecule has 138 valence electrons. The number of piperidine rings is 1. The highest BCUT2D eigenvalue weighted by atomic mass is 16.5. The van der Waals surface area contributed by atoms with Crippen molar-refractivity contribution in [2.45, 2.75) is 18.4 Å². The van der Waals surface area contributed by atoms with Crippen molar-refractivity contribution in [1.82, 2.24) is 9.80 Å². The Hall–Kier alpha value is -2.12. The second kappa shape index (κ2) is 8.82. The van der Waals surface area contributed by atoms with Gasteiger partial charge in [0.1, 0.15) is 5.75 Å². The molecule has 1 saturated heterocycles. The highest BCUT2D eigenvalue weighted by Gasteiger charge is 2.44. The third-order valence-electron chi connectivity index (χ3n) is 4.45. The van der Waals surface area contributed by atoms with E-state index >= 15 is 0 Å². The molecule has 1 aliphatic heterocycles. The molecule has 0 atom stereocenters. The number of likely N-dealkylation sites (tertiary alicyclic amines) is 1. The van der Waals surface area contributed by atoms with Crippen LogP contribution in [-0.2, 0) is 14.3 Å². The standard InChI is InChI=1S/C18H26N2O5/c1-19(12-13-24-2)14-16(21)20-10-8-18(9-11-20,17(22)23)25-15-6-4-3-5-7-15/h3-7H,8-14H2,1-2H3,(H,22,23). The molecule has 2 rings (SSSR count). The van der Waals surface area contributed by atoms with Gasteiger partial charge >= 0.3 is 5.97 Å². The van der Waals surface area contributed by atoms with Crippen molar-refractivity contribution in [2.24, 2.45) is 0 Å². The molecule has 1 N–H and O–H groups in total. The number of hydrogen-bond donors (Lipinski definition) is 1. The first kappa shape index (κ1) is 19.2. The smallest absolute Gasteiger partial charge is 0.348 e. The molecule has 0 aromatic heterocycles. The van der Waals surface area contributed by atoms with E-state index in [0.29, 0.717) is 38.5 Å². The third kappa shape index (κ3) is 5.17. The van der Waals surface area contributed by atoms with Crippen molar-refractivity contribution in [3.05, 3.63) is 30.3 Å². The molecule has 0 aliphatic carbocycles. The summed E-state index contributed by atoms with van der Waals surface area (Å²) >= 11 is 0. The highest BCUT2D eigenvalue weighted by molar-refractivity contribution is 5.81. The van der Waals surface area contributed by atoms with E-state index < -0.39 is 11.6 Å². The molecule has 0 spiro atoms. The number of carbonyl (C=O) groups is 2. The molecule has 0 saturated carbocycles. The minimum absolute atomic E-state index is 0.00250. The van der Waals surface area contributed by atoms with Crippen LogP contribution in [0.1, 0.15) is 12.8 Å². The van der Waals surface area contributed by atoms with Gasteiger partial charge in [-0.1, -0.05) is 18.2 Å². The second-order valence-electron chi connectivity index (χ2n) is 6.33. The van der Waals surface area contributed by atoms with E-state index in [1.54, 1.807) is 36.3 Å². The molecule has 7 heteroatoms. The number of nitrogens with zero attached hydrogens (tertiary/aromatic N) is 2. The molecule has 1 heterocycles. The molecule has 1 aromatic rings. The van der Waals surface area contributed by atoms with Crippen LogP contribution in [0, 0.1) is 0 Å². The van der Waals surface area contributed by atoms with E-state index in [1.807, 2.05) is 18.0 Å². The number of para-hydroxylation sites is 1. The van der Waals surface area contributed by atoms with E-state index in [0.717, 1.165) is 0 Å². The van der Waals surface area contributed by atoms with Gasteiger partial charge < -0.3 is 19.5 Å². The molecule has 1 amide bonds. The van der Waals surface area contributed by atoms with Gasteiger partial charge in [0, 0.05) is 39.6 Å². The van der Waals surface area contributed by atoms with E-state index in [-0.39, 0.29) is 18.7 Å². The Morgan fingerprint density at radius 1 is 1.24 bits per heavy atom. The Bertz CT molecular complexity index is 570. The van der Waals surface area contributed by atoms with E-state index in [9.17, 15) is 14.7 Å². The first-order valence-corrected chi connectivity index (χ1v) is 8.39. The molecule has 0 unspecified atom stereocenters. The summed E-state index contributed by atoms with van der Waals surface area (Å²) in [6.07, 6.45) is 0.537. The van der Waals surface area contributed by atoms with E-state index in [1.165, 1.54) is 0 Å². The SMILES string of the molecule is COCCN(C)CC(=O)N1CCC(Oc2ccccc2)(C(=O)O)CC1. The normalized spacial score (nSPS) is 16.7. The lowest BCUT2D eigenvalue weighted by Gasteiger charge is -2.39. The van der Waals surface area contributed by atoms with Crippen LogP contribution < -0.4 is 4.74 Å². The lowest BCUT2D eigenvalue weighted by atomic mass is 9.91. The van der Waals surface area contributed by atoms with Gasteiger partial charge in [-0.3, -0.25) is 9.69 Å². The van der Waals surface area contributed by atoms with E-state index in [4.69, 9.17) is 9.47 Å². The second-order valence-corrected chi connectivity index (χ2v) is 6.33. The number of carbonyl (C=O) groups excluding carboxylic acids is 1. The van der Waals surface area contributed by atoms with Crippen molar-refractivity contribution >= 4 is 11.9 Å². The zero-order valence-corrected chi connectivity index (χ0v) is 14.8. The number of ether oxygens (including phenoxy) is 2. The first-order valence-electron chi connectivity index (χ1n) is 8.39. The van der Waals surface area contributed by atoms with Crippen molar-refractivity contribution in [3.8, 4) is 5.75 Å². The van der Waals surface area contributed by atoms with Crippen LogP contribution in [-0.4, -0.2) is 79.3 Å². The van der Waals surface area contributed by atoms with Crippen molar-refractivity contribution in [3.63, 3.8) is 0 Å². The van der Waals surface area contributed by atoms with Crippen LogP contribution in [0.5, 0.6) is 5.75 Å². The first-order chi connectivity index (χ1) is 12.0. The molecule has 0 bridgehead atoms. The number of amides is 1. The van der Waals surface area contributed by atoms with Gasteiger partial charge in [0.15, 0.2) is 0 Å². The van der Waals surface area contributed by atoms with Crippen LogP contribution in [0.15, 0.2) is 30.3 Å². The third-order valence-corrected chi connectivity index (χ3v) is 4.45. The minimum Gasteiger partial charge on any atom is -0.478 e. The Morgan fingerprint density at radius 3 is 2.44 bits per heavy atom. The molecule has 1 aliphatic rings. The number of carboxylic acids is 1. The summed E-state index contributed by atoms with van der Waals surface area (Å²) in [5.41, 5.74) is -1.28. The topological polar surface area (TPSA) is 79.3 Å². The van der Waals surface area contributed by atoms with Gasteiger partial charge in [-0.25, -0.2) is 4.79 Å². The van der Waals surface area contributed by atoms with Gasteiger partial charge in [-0.2, -0.15) is 0 Å². The summed E-state index contributed by atoms with van der Waals surface area (Å²) in [5, 5.41) is 9.67. The summed E-state index contributed by atoms with van der Waals surface area (Å²) in [6, 6.07) is 8.94. The lowest BCUT2D eigenvalue weighted by molar-refractivity contribution is -0.162. The average Bonchev–Trinajstić information content (AvgIpc) is 2.61. The van der Waals surface area contributed by atoms with Gasteiger partial charge in [0.05, 0.1) is 13.2 Å². The molecule has 1 fully saturated rings. The minimum atomic E-state index is -1.28. The Labute approximate surface area is 148 Å². The summed E-state index contributed by atoms with van der Waals surface area (Å²) < 4.78 is 10.8. The molecule has 25 heavy (non-hydrogen) atoms. The molecule has 0 radical (unpaired) electrons. The predicted molar refractivity (Wildman–Crippen MR) is 92.6 cm³/mol. The van der Waals surface area contributed by atoms with Gasteiger partial charge in [0.25, 0.3) is 0 Å². The molecule has 7 nitrogen and oxygen atoms in total. The quantitative estimate of drug-likeness (QED) is 0.756. The van der Waals surface area contributed by atoms with Crippen molar-refractivity contribution in [2.75, 3.05) is 46.9 Å². The predicted octanol–water partition coefficient (Wildman–Crippen LogP) is 1.09. The number of methoxy groups -OCH3 is 1. The number of benzene rings is 1. The average molecular weight is 350 g/mol.